The fraction of sp³-hybridized carbons (Fsp3) is 0.423. The number of anilines is 1. The third-order valence-electron chi connectivity index (χ3n) is 6.73. The van der Waals surface area contributed by atoms with Gasteiger partial charge in [-0.1, -0.05) is 24.6 Å². The van der Waals surface area contributed by atoms with Crippen LogP contribution in [0.25, 0.3) is 6.08 Å². The van der Waals surface area contributed by atoms with E-state index in [2.05, 4.69) is 19.4 Å². The second-order valence-electron chi connectivity index (χ2n) is 9.55. The first-order chi connectivity index (χ1) is 15.6. The maximum Gasteiger partial charge on any atom is 0.417 e. The molecule has 0 atom stereocenters. The van der Waals surface area contributed by atoms with E-state index in [4.69, 9.17) is 4.74 Å². The van der Waals surface area contributed by atoms with Crippen LogP contribution in [-0.2, 0) is 17.5 Å². The first-order valence-electron chi connectivity index (χ1n) is 11.4. The molecule has 1 fully saturated rings. The molecule has 1 aliphatic carbocycles. The lowest BCUT2D eigenvalue weighted by atomic mass is 9.92. The fourth-order valence-electron chi connectivity index (χ4n) is 4.85. The zero-order chi connectivity index (χ0) is 23.6. The lowest BCUT2D eigenvalue weighted by Crippen LogP contribution is -2.48. The Morgan fingerprint density at radius 2 is 1.76 bits per heavy atom. The Morgan fingerprint density at radius 1 is 1.06 bits per heavy atom. The molecule has 2 aliphatic rings. The minimum Gasteiger partial charge on any atom is -0.488 e. The van der Waals surface area contributed by atoms with E-state index in [1.165, 1.54) is 55.9 Å². The molecular weight excluding hydrogens is 429 g/mol. The SMILES string of the molecule is C[N+](C)(Cc1ccc(NC(=O)C2=Cc3c(cccc3C(F)(F)F)OC2)cc1)C1CCCCC1. The molecule has 1 aliphatic heterocycles. The summed E-state index contributed by atoms with van der Waals surface area (Å²) in [7, 11) is 4.54. The van der Waals surface area contributed by atoms with Crippen LogP contribution < -0.4 is 10.1 Å². The Kier molecular flexibility index (Phi) is 6.52. The maximum absolute atomic E-state index is 13.3. The molecule has 1 amide bonds. The van der Waals surface area contributed by atoms with E-state index >= 15 is 0 Å². The smallest absolute Gasteiger partial charge is 0.417 e. The number of carbonyl (C=O) groups excluding carboxylic acids is 1. The molecule has 33 heavy (non-hydrogen) atoms. The lowest BCUT2D eigenvalue weighted by molar-refractivity contribution is -0.929. The number of carbonyl (C=O) groups is 1. The number of nitrogens with one attached hydrogen (secondary N) is 1. The van der Waals surface area contributed by atoms with Crippen molar-refractivity contribution >= 4 is 17.7 Å². The van der Waals surface area contributed by atoms with Gasteiger partial charge < -0.3 is 14.5 Å². The Labute approximate surface area is 192 Å². The van der Waals surface area contributed by atoms with Crippen molar-refractivity contribution in [1.82, 2.24) is 0 Å². The van der Waals surface area contributed by atoms with E-state index in [-0.39, 0.29) is 23.5 Å². The van der Waals surface area contributed by atoms with Crippen molar-refractivity contribution in [2.24, 2.45) is 0 Å². The molecule has 0 radical (unpaired) electrons. The van der Waals surface area contributed by atoms with Crippen molar-refractivity contribution in [2.45, 2.75) is 50.9 Å². The number of rotatable bonds is 5. The van der Waals surface area contributed by atoms with Gasteiger partial charge in [-0.2, -0.15) is 13.2 Å². The van der Waals surface area contributed by atoms with Crippen LogP contribution in [0.3, 0.4) is 0 Å². The fourth-order valence-corrected chi connectivity index (χ4v) is 4.85. The number of hydrogen-bond acceptors (Lipinski definition) is 2. The highest BCUT2D eigenvalue weighted by Crippen LogP contribution is 2.39. The molecule has 0 bridgehead atoms. The molecule has 1 heterocycles. The topological polar surface area (TPSA) is 38.3 Å². The summed E-state index contributed by atoms with van der Waals surface area (Å²) in [5.41, 5.74) is 1.01. The number of fused-ring (bicyclic) bond motifs is 1. The van der Waals surface area contributed by atoms with Gasteiger partial charge in [-0.3, -0.25) is 4.79 Å². The molecule has 0 spiro atoms. The number of nitrogens with zero attached hydrogens (tertiary/aromatic N) is 1. The second kappa shape index (κ2) is 9.21. The number of hydrogen-bond donors (Lipinski definition) is 1. The molecule has 1 saturated carbocycles. The third-order valence-corrected chi connectivity index (χ3v) is 6.73. The van der Waals surface area contributed by atoms with Gasteiger partial charge in [-0.25, -0.2) is 0 Å². The quantitative estimate of drug-likeness (QED) is 0.555. The maximum atomic E-state index is 13.3. The lowest BCUT2D eigenvalue weighted by Gasteiger charge is -2.40. The Hall–Kier alpha value is -2.80. The highest BCUT2D eigenvalue weighted by atomic mass is 19.4. The van der Waals surface area contributed by atoms with Crippen LogP contribution in [0.5, 0.6) is 5.75 Å². The number of benzene rings is 2. The van der Waals surface area contributed by atoms with Gasteiger partial charge in [0.2, 0.25) is 0 Å². The van der Waals surface area contributed by atoms with Crippen molar-refractivity contribution in [2.75, 3.05) is 26.0 Å². The van der Waals surface area contributed by atoms with Crippen molar-refractivity contribution in [3.05, 3.63) is 64.7 Å². The van der Waals surface area contributed by atoms with E-state index in [1.54, 1.807) is 0 Å². The van der Waals surface area contributed by atoms with Crippen LogP contribution >= 0.6 is 0 Å². The van der Waals surface area contributed by atoms with E-state index in [0.717, 1.165) is 17.1 Å². The van der Waals surface area contributed by atoms with Crippen LogP contribution in [0.15, 0.2) is 48.0 Å². The molecule has 4 rings (SSSR count). The summed E-state index contributed by atoms with van der Waals surface area (Å²) in [4.78, 5) is 12.7. The predicted molar refractivity (Wildman–Crippen MR) is 123 cm³/mol. The van der Waals surface area contributed by atoms with Gasteiger partial charge in [0.25, 0.3) is 5.91 Å². The van der Waals surface area contributed by atoms with Crippen LogP contribution in [0.1, 0.15) is 48.8 Å². The summed E-state index contributed by atoms with van der Waals surface area (Å²) < 4.78 is 46.4. The molecule has 7 heteroatoms. The summed E-state index contributed by atoms with van der Waals surface area (Å²) in [6.07, 6.45) is 3.20. The number of alkyl halides is 3. The summed E-state index contributed by atoms with van der Waals surface area (Å²) in [5.74, 6) is -0.340. The van der Waals surface area contributed by atoms with E-state index < -0.39 is 17.6 Å². The molecule has 1 N–H and O–H groups in total. The van der Waals surface area contributed by atoms with Crippen LogP contribution in [0.2, 0.25) is 0 Å². The molecule has 4 nitrogen and oxygen atoms in total. The van der Waals surface area contributed by atoms with Gasteiger partial charge in [-0.05, 0) is 56.0 Å². The summed E-state index contributed by atoms with van der Waals surface area (Å²) in [6.45, 7) is 0.834. The number of ether oxygens (including phenoxy) is 1. The number of halogens is 3. The molecule has 0 saturated heterocycles. The van der Waals surface area contributed by atoms with Crippen molar-refractivity contribution in [1.29, 1.82) is 0 Å². The molecule has 0 aromatic heterocycles. The van der Waals surface area contributed by atoms with Gasteiger partial charge in [0.05, 0.1) is 31.3 Å². The zero-order valence-electron chi connectivity index (χ0n) is 19.0. The van der Waals surface area contributed by atoms with Gasteiger partial charge >= 0.3 is 6.18 Å². The normalized spacial score (nSPS) is 17.1. The number of amides is 1. The first kappa shape index (κ1) is 23.4. The average Bonchev–Trinajstić information content (AvgIpc) is 2.79. The Bertz CT molecular complexity index is 1040. The molecule has 2 aromatic carbocycles. The zero-order valence-corrected chi connectivity index (χ0v) is 19.0. The first-order valence-corrected chi connectivity index (χ1v) is 11.4. The van der Waals surface area contributed by atoms with Crippen molar-refractivity contribution < 1.29 is 27.2 Å². The Balaban J connectivity index is 1.44. The van der Waals surface area contributed by atoms with Gasteiger partial charge in [0.1, 0.15) is 18.9 Å². The van der Waals surface area contributed by atoms with Gasteiger partial charge in [0.15, 0.2) is 0 Å². The molecule has 176 valence electrons. The largest absolute Gasteiger partial charge is 0.488 e. The summed E-state index contributed by atoms with van der Waals surface area (Å²) in [5, 5.41) is 2.78. The minimum atomic E-state index is -4.52. The summed E-state index contributed by atoms with van der Waals surface area (Å²) in [6, 6.07) is 12.1. The average molecular weight is 460 g/mol. The van der Waals surface area contributed by atoms with Crippen molar-refractivity contribution in [3.63, 3.8) is 0 Å². The third kappa shape index (κ3) is 5.41. The van der Waals surface area contributed by atoms with Gasteiger partial charge in [-0.15, -0.1) is 0 Å². The highest BCUT2D eigenvalue weighted by Gasteiger charge is 2.35. The predicted octanol–water partition coefficient (Wildman–Crippen LogP) is 6.03. The van der Waals surface area contributed by atoms with Crippen LogP contribution in [0, 0.1) is 0 Å². The van der Waals surface area contributed by atoms with E-state index in [9.17, 15) is 18.0 Å². The molecule has 0 unspecified atom stereocenters. The minimum absolute atomic E-state index is 0.0781. The van der Waals surface area contributed by atoms with Crippen LogP contribution in [0.4, 0.5) is 18.9 Å². The van der Waals surface area contributed by atoms with Gasteiger partial charge in [0, 0.05) is 16.8 Å². The van der Waals surface area contributed by atoms with Crippen LogP contribution in [-0.4, -0.2) is 37.1 Å². The highest BCUT2D eigenvalue weighted by molar-refractivity contribution is 6.07. The summed E-state index contributed by atoms with van der Waals surface area (Å²) >= 11 is 0. The van der Waals surface area contributed by atoms with E-state index in [1.807, 2.05) is 24.3 Å². The second-order valence-corrected chi connectivity index (χ2v) is 9.55. The molecule has 2 aromatic rings. The van der Waals surface area contributed by atoms with Crippen molar-refractivity contribution in [3.8, 4) is 5.75 Å². The van der Waals surface area contributed by atoms with E-state index in [0.29, 0.717) is 11.7 Å². The molecular formula is C26H30F3N2O2+. The monoisotopic (exact) mass is 459 g/mol. The Morgan fingerprint density at radius 3 is 2.42 bits per heavy atom. The number of quaternary nitrogens is 1. The standard InChI is InChI=1S/C26H29F3N2O2/c1-31(2,21-7-4-3-5-8-21)16-18-11-13-20(14-12-18)30-25(32)19-15-22-23(26(27,28)29)9-6-10-24(22)33-17-19/h6,9-15,21H,3-5,7-8,16-17H2,1-2H3/p+1.